The predicted molar refractivity (Wildman–Crippen MR) is 74.9 cm³/mol. The van der Waals surface area contributed by atoms with Crippen molar-refractivity contribution in [3.63, 3.8) is 0 Å². The van der Waals surface area contributed by atoms with Crippen LogP contribution in [-0.2, 0) is 4.79 Å². The summed E-state index contributed by atoms with van der Waals surface area (Å²) in [4.78, 5) is 11.6. The Kier molecular flexibility index (Phi) is 4.37. The van der Waals surface area contributed by atoms with Gasteiger partial charge in [0.1, 0.15) is 11.8 Å². The van der Waals surface area contributed by atoms with Crippen molar-refractivity contribution in [1.82, 2.24) is 0 Å². The highest BCUT2D eigenvalue weighted by Crippen LogP contribution is 2.24. The van der Waals surface area contributed by atoms with Crippen molar-refractivity contribution in [2.24, 2.45) is 5.73 Å². The number of halogens is 2. The zero-order valence-corrected chi connectivity index (χ0v) is 11.3. The zero-order chi connectivity index (χ0) is 15.4. The van der Waals surface area contributed by atoms with Crippen LogP contribution in [0.3, 0.4) is 0 Å². The molecule has 1 unspecified atom stereocenters. The average molecular weight is 292 g/mol. The SMILES string of the molecule is COc1cccc(NC(C(N)=O)c2ccc(F)c(F)c2)c1. The smallest absolute Gasteiger partial charge is 0.244 e. The molecule has 0 fully saturated rings. The van der Waals surface area contributed by atoms with E-state index in [1.807, 2.05) is 0 Å². The molecule has 0 spiro atoms. The molecular formula is C15H14F2N2O2. The van der Waals surface area contributed by atoms with Crippen molar-refractivity contribution in [2.45, 2.75) is 6.04 Å². The third-order valence-corrected chi connectivity index (χ3v) is 2.94. The maximum absolute atomic E-state index is 13.3. The minimum atomic E-state index is -1.04. The summed E-state index contributed by atoms with van der Waals surface area (Å²) >= 11 is 0. The van der Waals surface area contributed by atoms with E-state index >= 15 is 0 Å². The molecule has 0 saturated carbocycles. The molecule has 1 atom stereocenters. The summed E-state index contributed by atoms with van der Waals surface area (Å²) in [5.41, 5.74) is 6.14. The van der Waals surface area contributed by atoms with Gasteiger partial charge in [-0.2, -0.15) is 0 Å². The Balaban J connectivity index is 2.30. The lowest BCUT2D eigenvalue weighted by Gasteiger charge is -2.17. The fourth-order valence-electron chi connectivity index (χ4n) is 1.89. The van der Waals surface area contributed by atoms with Crippen molar-refractivity contribution in [1.29, 1.82) is 0 Å². The number of hydrogen-bond donors (Lipinski definition) is 2. The maximum Gasteiger partial charge on any atom is 0.244 e. The second-order valence-electron chi connectivity index (χ2n) is 4.39. The van der Waals surface area contributed by atoms with Crippen molar-refractivity contribution < 1.29 is 18.3 Å². The number of benzene rings is 2. The summed E-state index contributed by atoms with van der Waals surface area (Å²) in [5.74, 6) is -2.13. The number of methoxy groups -OCH3 is 1. The molecule has 21 heavy (non-hydrogen) atoms. The van der Waals surface area contributed by atoms with E-state index < -0.39 is 23.6 Å². The summed E-state index contributed by atoms with van der Waals surface area (Å²) in [5, 5.41) is 2.87. The minimum absolute atomic E-state index is 0.240. The van der Waals surface area contributed by atoms with E-state index in [-0.39, 0.29) is 5.56 Å². The summed E-state index contributed by atoms with van der Waals surface area (Å²) in [7, 11) is 1.51. The normalized spacial score (nSPS) is 11.8. The van der Waals surface area contributed by atoms with Crippen molar-refractivity contribution in [2.75, 3.05) is 12.4 Å². The Bertz CT molecular complexity index is 662. The van der Waals surface area contributed by atoms with Gasteiger partial charge in [-0.15, -0.1) is 0 Å². The average Bonchev–Trinajstić information content (AvgIpc) is 2.47. The molecule has 2 aromatic carbocycles. The maximum atomic E-state index is 13.3. The first-order chi connectivity index (χ1) is 10.0. The zero-order valence-electron chi connectivity index (χ0n) is 11.3. The van der Waals surface area contributed by atoms with Gasteiger partial charge in [-0.05, 0) is 29.8 Å². The standard InChI is InChI=1S/C15H14F2N2O2/c1-21-11-4-2-3-10(8-11)19-14(15(18)20)9-5-6-12(16)13(17)7-9/h2-8,14,19H,1H3,(H2,18,20). The number of nitrogens with two attached hydrogens (primary N) is 1. The molecule has 0 aliphatic rings. The van der Waals surface area contributed by atoms with Gasteiger partial charge in [0.25, 0.3) is 0 Å². The lowest BCUT2D eigenvalue weighted by Crippen LogP contribution is -2.27. The van der Waals surface area contributed by atoms with E-state index in [2.05, 4.69) is 5.32 Å². The van der Waals surface area contributed by atoms with E-state index in [1.165, 1.54) is 13.2 Å². The van der Waals surface area contributed by atoms with Crippen LogP contribution < -0.4 is 15.8 Å². The number of carbonyl (C=O) groups is 1. The molecule has 0 saturated heterocycles. The minimum Gasteiger partial charge on any atom is -0.497 e. The van der Waals surface area contributed by atoms with Crippen LogP contribution in [0.1, 0.15) is 11.6 Å². The molecular weight excluding hydrogens is 278 g/mol. The van der Waals surface area contributed by atoms with Crippen LogP contribution in [0.4, 0.5) is 14.5 Å². The largest absolute Gasteiger partial charge is 0.497 e. The Morgan fingerprint density at radius 3 is 2.57 bits per heavy atom. The van der Waals surface area contributed by atoms with E-state index in [0.717, 1.165) is 12.1 Å². The van der Waals surface area contributed by atoms with E-state index in [1.54, 1.807) is 24.3 Å². The van der Waals surface area contributed by atoms with Gasteiger partial charge in [0, 0.05) is 11.8 Å². The van der Waals surface area contributed by atoms with Crippen LogP contribution in [0.2, 0.25) is 0 Å². The third kappa shape index (κ3) is 3.47. The number of ether oxygens (including phenoxy) is 1. The number of nitrogens with one attached hydrogen (secondary N) is 1. The van der Waals surface area contributed by atoms with Crippen LogP contribution in [-0.4, -0.2) is 13.0 Å². The second-order valence-corrected chi connectivity index (χ2v) is 4.39. The summed E-state index contributed by atoms with van der Waals surface area (Å²) in [6.07, 6.45) is 0. The molecule has 0 aromatic heterocycles. The Labute approximate surface area is 120 Å². The molecule has 0 radical (unpaired) electrons. The number of anilines is 1. The molecule has 0 aliphatic carbocycles. The molecule has 0 bridgehead atoms. The fourth-order valence-corrected chi connectivity index (χ4v) is 1.89. The molecule has 0 aliphatic heterocycles. The number of amides is 1. The van der Waals surface area contributed by atoms with Crippen LogP contribution in [0, 0.1) is 11.6 Å². The molecule has 4 nitrogen and oxygen atoms in total. The first-order valence-electron chi connectivity index (χ1n) is 6.16. The molecule has 3 N–H and O–H groups in total. The Morgan fingerprint density at radius 1 is 1.19 bits per heavy atom. The highest BCUT2D eigenvalue weighted by atomic mass is 19.2. The number of carbonyl (C=O) groups excluding carboxylic acids is 1. The van der Waals surface area contributed by atoms with Crippen LogP contribution in [0.15, 0.2) is 42.5 Å². The molecule has 2 rings (SSSR count). The van der Waals surface area contributed by atoms with E-state index in [9.17, 15) is 13.6 Å². The van der Waals surface area contributed by atoms with Crippen molar-refractivity contribution in [3.05, 3.63) is 59.7 Å². The van der Waals surface area contributed by atoms with E-state index in [0.29, 0.717) is 11.4 Å². The van der Waals surface area contributed by atoms with Gasteiger partial charge in [-0.1, -0.05) is 12.1 Å². The topological polar surface area (TPSA) is 64.3 Å². The number of hydrogen-bond acceptors (Lipinski definition) is 3. The number of primary amides is 1. The lowest BCUT2D eigenvalue weighted by atomic mass is 10.1. The highest BCUT2D eigenvalue weighted by molar-refractivity contribution is 5.84. The lowest BCUT2D eigenvalue weighted by molar-refractivity contribution is -0.118. The first-order valence-corrected chi connectivity index (χ1v) is 6.16. The molecule has 0 heterocycles. The van der Waals surface area contributed by atoms with Gasteiger partial charge in [-0.3, -0.25) is 4.79 Å². The number of rotatable bonds is 5. The molecule has 2 aromatic rings. The van der Waals surface area contributed by atoms with Gasteiger partial charge in [0.2, 0.25) is 5.91 Å². The first kappa shape index (κ1) is 14.8. The van der Waals surface area contributed by atoms with Gasteiger partial charge < -0.3 is 15.8 Å². The van der Waals surface area contributed by atoms with Crippen LogP contribution in [0.5, 0.6) is 5.75 Å². The quantitative estimate of drug-likeness (QED) is 0.890. The fraction of sp³-hybridized carbons (Fsp3) is 0.133. The van der Waals surface area contributed by atoms with Gasteiger partial charge in [0.05, 0.1) is 7.11 Å². The van der Waals surface area contributed by atoms with Gasteiger partial charge in [-0.25, -0.2) is 8.78 Å². The molecule has 1 amide bonds. The van der Waals surface area contributed by atoms with Gasteiger partial charge in [0.15, 0.2) is 11.6 Å². The highest BCUT2D eigenvalue weighted by Gasteiger charge is 2.19. The second kappa shape index (κ2) is 6.21. The summed E-state index contributed by atoms with van der Waals surface area (Å²) in [6, 6.07) is 9.06. The Hall–Kier alpha value is -2.63. The monoisotopic (exact) mass is 292 g/mol. The van der Waals surface area contributed by atoms with Crippen molar-refractivity contribution >= 4 is 11.6 Å². The summed E-state index contributed by atoms with van der Waals surface area (Å²) in [6.45, 7) is 0. The molecule has 110 valence electrons. The van der Waals surface area contributed by atoms with Gasteiger partial charge >= 0.3 is 0 Å². The van der Waals surface area contributed by atoms with Crippen molar-refractivity contribution in [3.8, 4) is 5.75 Å². The summed E-state index contributed by atoms with van der Waals surface area (Å²) < 4.78 is 31.3. The van der Waals surface area contributed by atoms with Crippen LogP contribution >= 0.6 is 0 Å². The third-order valence-electron chi connectivity index (χ3n) is 2.94. The Morgan fingerprint density at radius 2 is 1.95 bits per heavy atom. The predicted octanol–water partition coefficient (Wildman–Crippen LogP) is 2.61. The van der Waals surface area contributed by atoms with Crippen LogP contribution in [0.25, 0.3) is 0 Å². The van der Waals surface area contributed by atoms with E-state index in [4.69, 9.17) is 10.5 Å². The molecule has 6 heteroatoms.